The van der Waals surface area contributed by atoms with Gasteiger partial charge in [0.05, 0.1) is 0 Å². The van der Waals surface area contributed by atoms with Gasteiger partial charge in [0, 0.05) is 6.07 Å². The van der Waals surface area contributed by atoms with E-state index in [1.807, 2.05) is 49.4 Å². The molecule has 2 aromatic rings. The number of hydrogen-bond donors (Lipinski definition) is 1. The van der Waals surface area contributed by atoms with E-state index in [9.17, 15) is 5.11 Å². The third kappa shape index (κ3) is 3.00. The van der Waals surface area contributed by atoms with Gasteiger partial charge in [0.15, 0.2) is 0 Å². The summed E-state index contributed by atoms with van der Waals surface area (Å²) in [5, 5.41) is 9.71. The molecule has 0 heterocycles. The van der Waals surface area contributed by atoms with Gasteiger partial charge in [-0.15, -0.1) is 0 Å². The van der Waals surface area contributed by atoms with E-state index in [0.717, 1.165) is 17.5 Å². The highest BCUT2D eigenvalue weighted by Gasteiger charge is 2.01. The predicted molar refractivity (Wildman–Crippen MR) is 68.3 cm³/mol. The molecule has 17 heavy (non-hydrogen) atoms. The highest BCUT2D eigenvalue weighted by atomic mass is 16.5. The second-order valence-corrected chi connectivity index (χ2v) is 3.92. The van der Waals surface area contributed by atoms with Gasteiger partial charge in [-0.1, -0.05) is 43.3 Å². The van der Waals surface area contributed by atoms with Crippen molar-refractivity contribution in [2.75, 3.05) is 0 Å². The van der Waals surface area contributed by atoms with Gasteiger partial charge >= 0.3 is 0 Å². The van der Waals surface area contributed by atoms with Gasteiger partial charge in [0.25, 0.3) is 0 Å². The molecule has 2 heteroatoms. The fourth-order valence-electron chi connectivity index (χ4n) is 1.67. The molecule has 88 valence electrons. The Morgan fingerprint density at radius 2 is 1.82 bits per heavy atom. The second kappa shape index (κ2) is 5.39. The van der Waals surface area contributed by atoms with Gasteiger partial charge in [-0.25, -0.2) is 0 Å². The Labute approximate surface area is 101 Å². The maximum Gasteiger partial charge on any atom is 0.123 e. The van der Waals surface area contributed by atoms with Crippen LogP contribution in [0.4, 0.5) is 0 Å². The predicted octanol–water partition coefficient (Wildman–Crippen LogP) is 3.53. The first-order chi connectivity index (χ1) is 8.29. The minimum atomic E-state index is 0.304. The minimum absolute atomic E-state index is 0.304. The van der Waals surface area contributed by atoms with Gasteiger partial charge in [-0.05, 0) is 23.6 Å². The third-order valence-electron chi connectivity index (χ3n) is 2.69. The summed E-state index contributed by atoms with van der Waals surface area (Å²) in [6, 6.07) is 15.4. The number of hydrogen-bond acceptors (Lipinski definition) is 2. The lowest BCUT2D eigenvalue weighted by atomic mass is 10.1. The van der Waals surface area contributed by atoms with Crippen molar-refractivity contribution in [1.29, 1.82) is 0 Å². The third-order valence-corrected chi connectivity index (χ3v) is 2.69. The standard InChI is InChI=1S/C15H16O2/c1-2-13-8-9-14(10-15(13)16)17-11-12-6-4-3-5-7-12/h3-10,16H,2,11H2,1H3. The van der Waals surface area contributed by atoms with Crippen LogP contribution in [-0.2, 0) is 13.0 Å². The monoisotopic (exact) mass is 228 g/mol. The van der Waals surface area contributed by atoms with Crippen molar-refractivity contribution in [3.63, 3.8) is 0 Å². The summed E-state index contributed by atoms with van der Waals surface area (Å²) in [4.78, 5) is 0. The molecule has 0 aliphatic rings. The van der Waals surface area contributed by atoms with Crippen molar-refractivity contribution in [2.24, 2.45) is 0 Å². The van der Waals surface area contributed by atoms with Crippen LogP contribution in [0.5, 0.6) is 11.5 Å². The van der Waals surface area contributed by atoms with Crippen LogP contribution in [0.15, 0.2) is 48.5 Å². The molecule has 0 saturated heterocycles. The number of ether oxygens (including phenoxy) is 1. The summed E-state index contributed by atoms with van der Waals surface area (Å²) in [6.45, 7) is 2.53. The van der Waals surface area contributed by atoms with Gasteiger partial charge < -0.3 is 9.84 Å². The van der Waals surface area contributed by atoms with E-state index in [2.05, 4.69) is 0 Å². The highest BCUT2D eigenvalue weighted by molar-refractivity contribution is 5.39. The van der Waals surface area contributed by atoms with Crippen molar-refractivity contribution in [2.45, 2.75) is 20.0 Å². The van der Waals surface area contributed by atoms with Crippen molar-refractivity contribution in [1.82, 2.24) is 0 Å². The van der Waals surface area contributed by atoms with Crippen molar-refractivity contribution >= 4 is 0 Å². The fourth-order valence-corrected chi connectivity index (χ4v) is 1.67. The zero-order chi connectivity index (χ0) is 12.1. The van der Waals surface area contributed by atoms with Crippen LogP contribution in [0.25, 0.3) is 0 Å². The second-order valence-electron chi connectivity index (χ2n) is 3.92. The summed E-state index contributed by atoms with van der Waals surface area (Å²) in [5.41, 5.74) is 2.06. The molecule has 2 aromatic carbocycles. The van der Waals surface area contributed by atoms with Crippen LogP contribution in [0, 0.1) is 0 Å². The van der Waals surface area contributed by atoms with Gasteiger partial charge in [-0.3, -0.25) is 0 Å². The maximum absolute atomic E-state index is 9.71. The summed E-state index contributed by atoms with van der Waals surface area (Å²) in [5.74, 6) is 1.00. The van der Waals surface area contributed by atoms with E-state index >= 15 is 0 Å². The van der Waals surface area contributed by atoms with Crippen molar-refractivity contribution in [3.8, 4) is 11.5 Å². The number of phenols is 1. The molecule has 0 amide bonds. The number of aryl methyl sites for hydroxylation is 1. The van der Waals surface area contributed by atoms with E-state index in [4.69, 9.17) is 4.74 Å². The maximum atomic E-state index is 9.71. The largest absolute Gasteiger partial charge is 0.508 e. The molecule has 0 saturated carbocycles. The van der Waals surface area contributed by atoms with Crippen LogP contribution in [0.3, 0.4) is 0 Å². The van der Waals surface area contributed by atoms with Gasteiger partial charge in [-0.2, -0.15) is 0 Å². The van der Waals surface area contributed by atoms with Crippen LogP contribution < -0.4 is 4.74 Å². The molecule has 0 spiro atoms. The van der Waals surface area contributed by atoms with E-state index in [-0.39, 0.29) is 0 Å². The van der Waals surface area contributed by atoms with Crippen LogP contribution in [0.1, 0.15) is 18.1 Å². The summed E-state index contributed by atoms with van der Waals surface area (Å²) < 4.78 is 5.61. The van der Waals surface area contributed by atoms with Crippen LogP contribution in [0.2, 0.25) is 0 Å². The Kier molecular flexibility index (Phi) is 3.66. The van der Waals surface area contributed by atoms with Crippen molar-refractivity contribution < 1.29 is 9.84 Å². The normalized spacial score (nSPS) is 10.2. The molecule has 0 bridgehead atoms. The molecule has 2 rings (SSSR count). The minimum Gasteiger partial charge on any atom is -0.508 e. The molecular weight excluding hydrogens is 212 g/mol. The van der Waals surface area contributed by atoms with Crippen LogP contribution >= 0.6 is 0 Å². The Hall–Kier alpha value is -1.96. The molecule has 0 atom stereocenters. The van der Waals surface area contributed by atoms with Crippen LogP contribution in [-0.4, -0.2) is 5.11 Å². The first kappa shape index (κ1) is 11.5. The smallest absolute Gasteiger partial charge is 0.123 e. The number of phenolic OH excluding ortho intramolecular Hbond substituents is 1. The highest BCUT2D eigenvalue weighted by Crippen LogP contribution is 2.24. The first-order valence-corrected chi connectivity index (χ1v) is 5.78. The molecule has 0 aromatic heterocycles. The molecule has 2 nitrogen and oxygen atoms in total. The molecule has 0 aliphatic heterocycles. The van der Waals surface area contributed by atoms with Gasteiger partial charge in [0.1, 0.15) is 18.1 Å². The molecule has 0 fully saturated rings. The number of rotatable bonds is 4. The Morgan fingerprint density at radius 3 is 2.47 bits per heavy atom. The Bertz CT molecular complexity index is 478. The number of aromatic hydroxyl groups is 1. The first-order valence-electron chi connectivity index (χ1n) is 5.78. The quantitative estimate of drug-likeness (QED) is 0.867. The molecule has 0 aliphatic carbocycles. The van der Waals surface area contributed by atoms with Crippen molar-refractivity contribution in [3.05, 3.63) is 59.7 Å². The van der Waals surface area contributed by atoms with E-state index in [0.29, 0.717) is 18.1 Å². The molecule has 0 unspecified atom stereocenters. The average Bonchev–Trinajstić information content (AvgIpc) is 2.38. The lowest BCUT2D eigenvalue weighted by Crippen LogP contribution is -1.95. The lowest BCUT2D eigenvalue weighted by molar-refractivity contribution is 0.304. The zero-order valence-corrected chi connectivity index (χ0v) is 9.89. The SMILES string of the molecule is CCc1ccc(OCc2ccccc2)cc1O. The molecular formula is C15H16O2. The summed E-state index contributed by atoms with van der Waals surface area (Å²) in [7, 11) is 0. The average molecular weight is 228 g/mol. The van der Waals surface area contributed by atoms with E-state index in [1.165, 1.54) is 0 Å². The van der Waals surface area contributed by atoms with E-state index in [1.54, 1.807) is 6.07 Å². The lowest BCUT2D eigenvalue weighted by Gasteiger charge is -2.08. The summed E-state index contributed by atoms with van der Waals surface area (Å²) >= 11 is 0. The molecule has 1 N–H and O–H groups in total. The Morgan fingerprint density at radius 1 is 1.06 bits per heavy atom. The zero-order valence-electron chi connectivity index (χ0n) is 9.89. The molecule has 0 radical (unpaired) electrons. The summed E-state index contributed by atoms with van der Waals surface area (Å²) in [6.07, 6.45) is 0.824. The Balaban J connectivity index is 2.02. The number of benzene rings is 2. The van der Waals surface area contributed by atoms with E-state index < -0.39 is 0 Å². The van der Waals surface area contributed by atoms with Gasteiger partial charge in [0.2, 0.25) is 0 Å². The fraction of sp³-hybridized carbons (Fsp3) is 0.200. The topological polar surface area (TPSA) is 29.5 Å².